The van der Waals surface area contributed by atoms with E-state index in [1.165, 1.54) is 79.2 Å². The van der Waals surface area contributed by atoms with Crippen molar-refractivity contribution in [2.45, 2.75) is 108 Å². The Morgan fingerprint density at radius 2 is 0.667 bits per heavy atom. The maximum absolute atomic E-state index is 1.56. The molecule has 0 N–H and O–H groups in total. The quantitative estimate of drug-likeness (QED) is 0.517. The van der Waals surface area contributed by atoms with E-state index in [4.69, 9.17) is 0 Å². The van der Waals surface area contributed by atoms with Crippen molar-refractivity contribution in [1.82, 2.24) is 0 Å². The third kappa shape index (κ3) is 6.05. The van der Waals surface area contributed by atoms with Crippen LogP contribution in [0.15, 0.2) is 0 Å². The molecule has 0 spiro atoms. The number of rotatable bonds is 2. The van der Waals surface area contributed by atoms with E-state index in [0.717, 1.165) is 11.3 Å². The molecule has 0 saturated heterocycles. The summed E-state index contributed by atoms with van der Waals surface area (Å²) >= 11 is 0. The molecular formula is C17H33P. The predicted octanol–water partition coefficient (Wildman–Crippen LogP) is 6.28. The molecule has 1 heteroatoms. The summed E-state index contributed by atoms with van der Waals surface area (Å²) in [6.07, 6.45) is 23.0. The summed E-state index contributed by atoms with van der Waals surface area (Å²) in [5, 5.41) is 0. The first kappa shape index (κ1) is 14.8. The van der Waals surface area contributed by atoms with Crippen molar-refractivity contribution < 1.29 is 0 Å². The average Bonchev–Trinajstić information content (AvgIpc) is 2.85. The molecule has 106 valence electrons. The van der Waals surface area contributed by atoms with Crippen molar-refractivity contribution in [2.24, 2.45) is 0 Å². The minimum absolute atomic E-state index is 1.12. The van der Waals surface area contributed by atoms with E-state index in [1.807, 2.05) is 0 Å². The van der Waals surface area contributed by atoms with Crippen LogP contribution in [0.5, 0.6) is 0 Å². The Kier molecular flexibility index (Phi) is 7.71. The van der Waals surface area contributed by atoms with Crippen molar-refractivity contribution in [3.63, 3.8) is 0 Å². The first-order chi connectivity index (χ1) is 8.95. The summed E-state index contributed by atoms with van der Waals surface area (Å²) in [5.74, 6) is 0. The minimum Gasteiger partial charge on any atom is -0.116 e. The lowest BCUT2D eigenvalue weighted by atomic mass is 10.0. The Bertz CT molecular complexity index is 184. The fraction of sp³-hybridized carbons (Fsp3) is 1.00. The monoisotopic (exact) mass is 268 g/mol. The smallest absolute Gasteiger partial charge is 0.0234 e. The van der Waals surface area contributed by atoms with E-state index in [1.54, 1.807) is 25.7 Å². The third-order valence-corrected chi connectivity index (χ3v) is 7.03. The Morgan fingerprint density at radius 3 is 1.06 bits per heavy atom. The van der Waals surface area contributed by atoms with E-state index in [2.05, 4.69) is 0 Å². The molecule has 0 aromatic carbocycles. The molecule has 2 rings (SSSR count). The van der Waals surface area contributed by atoms with Gasteiger partial charge in [-0.05, 0) is 37.0 Å². The van der Waals surface area contributed by atoms with Gasteiger partial charge in [0.15, 0.2) is 0 Å². The molecule has 2 aliphatic carbocycles. The van der Waals surface area contributed by atoms with Crippen LogP contribution >= 0.6 is 8.58 Å². The summed E-state index contributed by atoms with van der Waals surface area (Å²) in [6.45, 7) is 0. The molecule has 2 aliphatic rings. The van der Waals surface area contributed by atoms with Gasteiger partial charge in [0.1, 0.15) is 0 Å². The topological polar surface area (TPSA) is 0 Å². The Labute approximate surface area is 116 Å². The fourth-order valence-electron chi connectivity index (χ4n) is 3.76. The molecule has 0 heterocycles. The van der Waals surface area contributed by atoms with E-state index in [9.17, 15) is 0 Å². The Hall–Kier alpha value is 0.430. The van der Waals surface area contributed by atoms with Crippen LogP contribution in [0.2, 0.25) is 0 Å². The van der Waals surface area contributed by atoms with E-state index in [-0.39, 0.29) is 0 Å². The lowest BCUT2D eigenvalue weighted by Crippen LogP contribution is -2.07. The van der Waals surface area contributed by atoms with Gasteiger partial charge in [-0.2, -0.15) is 0 Å². The fourth-order valence-corrected chi connectivity index (χ4v) is 5.91. The van der Waals surface area contributed by atoms with Crippen molar-refractivity contribution in [3.05, 3.63) is 0 Å². The second kappa shape index (κ2) is 9.35. The molecule has 0 aromatic rings. The largest absolute Gasteiger partial charge is 0.116 e. The summed E-state index contributed by atoms with van der Waals surface area (Å²) in [4.78, 5) is 0. The normalized spacial score (nSPS) is 27.3. The van der Waals surface area contributed by atoms with Crippen LogP contribution in [-0.2, 0) is 0 Å². The van der Waals surface area contributed by atoms with Gasteiger partial charge < -0.3 is 0 Å². The summed E-state index contributed by atoms with van der Waals surface area (Å²) in [7, 11) is 1.32. The second-order valence-electron chi connectivity index (χ2n) is 6.60. The van der Waals surface area contributed by atoms with Gasteiger partial charge in [0, 0.05) is 0 Å². The molecular weight excluding hydrogens is 235 g/mol. The number of hydrogen-bond acceptors (Lipinski definition) is 0. The highest BCUT2D eigenvalue weighted by molar-refractivity contribution is 7.39. The Balaban J connectivity index is 1.70. The van der Waals surface area contributed by atoms with Crippen LogP contribution in [0.4, 0.5) is 0 Å². The molecule has 2 fully saturated rings. The minimum atomic E-state index is 1.12. The maximum Gasteiger partial charge on any atom is -0.0234 e. The lowest BCUT2D eigenvalue weighted by Gasteiger charge is -2.21. The molecule has 1 atom stereocenters. The zero-order valence-electron chi connectivity index (χ0n) is 12.3. The van der Waals surface area contributed by atoms with Crippen LogP contribution < -0.4 is 0 Å². The predicted molar refractivity (Wildman–Crippen MR) is 85.1 cm³/mol. The lowest BCUT2D eigenvalue weighted by molar-refractivity contribution is 0.508. The first-order valence-corrected chi connectivity index (χ1v) is 9.87. The highest BCUT2D eigenvalue weighted by atomic mass is 31.1. The van der Waals surface area contributed by atoms with Crippen LogP contribution in [0.1, 0.15) is 96.3 Å². The molecule has 0 bridgehead atoms. The maximum atomic E-state index is 1.56. The zero-order chi connectivity index (χ0) is 12.5. The van der Waals surface area contributed by atoms with Gasteiger partial charge in [-0.25, -0.2) is 0 Å². The van der Waals surface area contributed by atoms with Crippen molar-refractivity contribution in [2.75, 3.05) is 0 Å². The molecule has 2 saturated carbocycles. The molecule has 0 amide bonds. The van der Waals surface area contributed by atoms with Gasteiger partial charge >= 0.3 is 0 Å². The average molecular weight is 268 g/mol. The van der Waals surface area contributed by atoms with Crippen molar-refractivity contribution in [1.29, 1.82) is 0 Å². The van der Waals surface area contributed by atoms with Crippen LogP contribution in [0.25, 0.3) is 0 Å². The highest BCUT2D eigenvalue weighted by Crippen LogP contribution is 2.41. The van der Waals surface area contributed by atoms with E-state index < -0.39 is 0 Å². The second-order valence-corrected chi connectivity index (χ2v) is 8.57. The zero-order valence-corrected chi connectivity index (χ0v) is 13.3. The van der Waals surface area contributed by atoms with Gasteiger partial charge in [0.2, 0.25) is 0 Å². The molecule has 1 unspecified atom stereocenters. The molecule has 18 heavy (non-hydrogen) atoms. The highest BCUT2D eigenvalue weighted by Gasteiger charge is 2.19. The van der Waals surface area contributed by atoms with Gasteiger partial charge in [0.05, 0.1) is 0 Å². The number of hydrogen-bond donors (Lipinski definition) is 0. The third-order valence-electron chi connectivity index (χ3n) is 4.93. The molecule has 0 nitrogen and oxygen atoms in total. The summed E-state index contributed by atoms with van der Waals surface area (Å²) < 4.78 is 0. The molecule has 0 aliphatic heterocycles. The van der Waals surface area contributed by atoms with Crippen molar-refractivity contribution in [3.8, 4) is 0 Å². The summed E-state index contributed by atoms with van der Waals surface area (Å²) in [5.41, 5.74) is 2.26. The summed E-state index contributed by atoms with van der Waals surface area (Å²) in [6, 6.07) is 0. The van der Waals surface area contributed by atoms with E-state index >= 15 is 0 Å². The van der Waals surface area contributed by atoms with Gasteiger partial charge in [-0.15, -0.1) is 8.58 Å². The van der Waals surface area contributed by atoms with Crippen molar-refractivity contribution >= 4 is 8.58 Å². The van der Waals surface area contributed by atoms with E-state index in [0.29, 0.717) is 0 Å². The molecule has 0 radical (unpaired) electrons. The first-order valence-electron chi connectivity index (χ1n) is 8.71. The van der Waals surface area contributed by atoms with Gasteiger partial charge in [-0.1, -0.05) is 70.6 Å². The van der Waals surface area contributed by atoms with Crippen LogP contribution in [0, 0.1) is 0 Å². The Morgan fingerprint density at radius 1 is 0.389 bits per heavy atom. The van der Waals surface area contributed by atoms with Gasteiger partial charge in [-0.3, -0.25) is 0 Å². The standard InChI is InChI=1S/C17H33P/c1-2-4-6-8-12-16(13-9-7-5-3-1)18-17-14-10-11-15-17/h16-18H,1-15H2. The molecule has 0 aromatic heterocycles. The van der Waals surface area contributed by atoms with Gasteiger partial charge in [0.25, 0.3) is 0 Å². The SMILES string of the molecule is C1CCCCCC(PC2CCCC2)CCCCC1. The van der Waals surface area contributed by atoms with Crippen LogP contribution in [0.3, 0.4) is 0 Å². The van der Waals surface area contributed by atoms with Crippen LogP contribution in [-0.4, -0.2) is 11.3 Å².